The number of benzene rings is 2. The highest BCUT2D eigenvalue weighted by Gasteiger charge is 2.13. The van der Waals surface area contributed by atoms with Crippen LogP contribution < -0.4 is 0 Å². The Morgan fingerprint density at radius 1 is 1.05 bits per heavy atom. The average molecular weight is 258 g/mol. The SMILES string of the molecule is CC(=O)c1ccccc1-c1ccc(C(=O)O)c(F)c1. The Morgan fingerprint density at radius 2 is 1.74 bits per heavy atom. The molecule has 1 N–H and O–H groups in total. The topological polar surface area (TPSA) is 54.4 Å². The standard InChI is InChI=1S/C15H11FO3/c1-9(17)11-4-2-3-5-12(11)10-6-7-13(15(18)19)14(16)8-10/h2-8H,1H3,(H,18,19). The van der Waals surface area contributed by atoms with Crippen LogP contribution in [0.5, 0.6) is 0 Å². The summed E-state index contributed by atoms with van der Waals surface area (Å²) in [5.41, 5.74) is 1.16. The first-order valence-electron chi connectivity index (χ1n) is 5.64. The van der Waals surface area contributed by atoms with E-state index < -0.39 is 11.8 Å². The number of carbonyl (C=O) groups is 2. The van der Waals surface area contributed by atoms with Gasteiger partial charge in [0.2, 0.25) is 0 Å². The minimum atomic E-state index is -1.32. The van der Waals surface area contributed by atoms with Crippen molar-refractivity contribution in [2.24, 2.45) is 0 Å². The van der Waals surface area contributed by atoms with Crippen molar-refractivity contribution in [1.29, 1.82) is 0 Å². The molecule has 0 heterocycles. The minimum absolute atomic E-state index is 0.127. The number of halogens is 1. The number of Topliss-reactive ketones (excluding diaryl/α,β-unsaturated/α-hetero) is 1. The molecule has 0 fully saturated rings. The molecule has 3 nitrogen and oxygen atoms in total. The van der Waals surface area contributed by atoms with E-state index in [0.717, 1.165) is 6.07 Å². The first kappa shape index (κ1) is 13.0. The lowest BCUT2D eigenvalue weighted by atomic mass is 9.96. The molecule has 2 aromatic rings. The Kier molecular flexibility index (Phi) is 3.42. The van der Waals surface area contributed by atoms with Gasteiger partial charge in [-0.1, -0.05) is 30.3 Å². The van der Waals surface area contributed by atoms with Gasteiger partial charge in [-0.05, 0) is 30.2 Å². The molecule has 0 aromatic heterocycles. The minimum Gasteiger partial charge on any atom is -0.478 e. The van der Waals surface area contributed by atoms with Crippen molar-refractivity contribution >= 4 is 11.8 Å². The monoisotopic (exact) mass is 258 g/mol. The molecule has 0 radical (unpaired) electrons. The maximum atomic E-state index is 13.7. The molecule has 0 aliphatic heterocycles. The lowest BCUT2D eigenvalue weighted by Crippen LogP contribution is -2.01. The molecule has 0 aliphatic rings. The van der Waals surface area contributed by atoms with E-state index in [9.17, 15) is 14.0 Å². The fraction of sp³-hybridized carbons (Fsp3) is 0.0667. The van der Waals surface area contributed by atoms with E-state index in [0.29, 0.717) is 16.7 Å². The van der Waals surface area contributed by atoms with Crippen LogP contribution in [0.15, 0.2) is 42.5 Å². The van der Waals surface area contributed by atoms with E-state index in [1.165, 1.54) is 19.1 Å². The lowest BCUT2D eigenvalue weighted by molar-refractivity contribution is 0.0691. The van der Waals surface area contributed by atoms with Crippen LogP contribution in [0.1, 0.15) is 27.6 Å². The van der Waals surface area contributed by atoms with Gasteiger partial charge in [-0.15, -0.1) is 0 Å². The number of aromatic carboxylic acids is 1. The second-order valence-corrected chi connectivity index (χ2v) is 4.10. The van der Waals surface area contributed by atoms with E-state index in [4.69, 9.17) is 5.11 Å². The zero-order chi connectivity index (χ0) is 14.0. The lowest BCUT2D eigenvalue weighted by Gasteiger charge is -2.08. The molecule has 2 aromatic carbocycles. The highest BCUT2D eigenvalue weighted by molar-refractivity contribution is 6.01. The Hall–Kier alpha value is -2.49. The summed E-state index contributed by atoms with van der Waals surface area (Å²) in [5.74, 6) is -2.26. The summed E-state index contributed by atoms with van der Waals surface area (Å²) in [4.78, 5) is 22.3. The zero-order valence-electron chi connectivity index (χ0n) is 10.2. The van der Waals surface area contributed by atoms with Crippen LogP contribution >= 0.6 is 0 Å². The summed E-state index contributed by atoms with van der Waals surface area (Å²) in [5, 5.41) is 8.78. The van der Waals surface area contributed by atoms with Crippen LogP contribution in [-0.2, 0) is 0 Å². The maximum absolute atomic E-state index is 13.7. The molecule has 0 bridgehead atoms. The fourth-order valence-electron chi connectivity index (χ4n) is 1.90. The van der Waals surface area contributed by atoms with Crippen molar-refractivity contribution in [3.8, 4) is 11.1 Å². The Balaban J connectivity index is 2.57. The molecule has 0 aliphatic carbocycles. The molecule has 2 rings (SSSR count). The maximum Gasteiger partial charge on any atom is 0.338 e. The smallest absolute Gasteiger partial charge is 0.338 e. The van der Waals surface area contributed by atoms with E-state index in [1.807, 2.05) is 0 Å². The molecule has 0 saturated carbocycles. The first-order valence-corrected chi connectivity index (χ1v) is 5.64. The van der Waals surface area contributed by atoms with Crippen molar-refractivity contribution in [3.63, 3.8) is 0 Å². The molecule has 4 heteroatoms. The van der Waals surface area contributed by atoms with Crippen molar-refractivity contribution in [3.05, 3.63) is 59.4 Å². The third-order valence-corrected chi connectivity index (χ3v) is 2.82. The number of carboxylic acids is 1. The van der Waals surface area contributed by atoms with Crippen LogP contribution in [0.25, 0.3) is 11.1 Å². The van der Waals surface area contributed by atoms with Crippen LogP contribution in [0.3, 0.4) is 0 Å². The normalized spacial score (nSPS) is 10.2. The number of carboxylic acid groups (broad SMARTS) is 1. The van der Waals surface area contributed by atoms with E-state index in [-0.39, 0.29) is 11.3 Å². The summed E-state index contributed by atoms with van der Waals surface area (Å²) in [7, 11) is 0. The summed E-state index contributed by atoms with van der Waals surface area (Å²) in [6, 6.07) is 10.6. The second-order valence-electron chi connectivity index (χ2n) is 4.10. The largest absolute Gasteiger partial charge is 0.478 e. The average Bonchev–Trinajstić information content (AvgIpc) is 2.38. The van der Waals surface area contributed by atoms with Gasteiger partial charge in [0.1, 0.15) is 5.82 Å². The van der Waals surface area contributed by atoms with E-state index in [2.05, 4.69) is 0 Å². The Bertz CT molecular complexity index is 662. The van der Waals surface area contributed by atoms with Gasteiger partial charge in [-0.3, -0.25) is 4.79 Å². The van der Waals surface area contributed by atoms with Crippen molar-refractivity contribution < 1.29 is 19.1 Å². The summed E-state index contributed by atoms with van der Waals surface area (Å²) in [6.07, 6.45) is 0. The van der Waals surface area contributed by atoms with Gasteiger partial charge < -0.3 is 5.11 Å². The summed E-state index contributed by atoms with van der Waals surface area (Å²) in [6.45, 7) is 1.43. The molecule has 96 valence electrons. The Labute approximate surface area is 109 Å². The summed E-state index contributed by atoms with van der Waals surface area (Å²) >= 11 is 0. The van der Waals surface area contributed by atoms with Gasteiger partial charge in [0.05, 0.1) is 5.56 Å². The summed E-state index contributed by atoms with van der Waals surface area (Å²) < 4.78 is 13.7. The molecule has 0 spiro atoms. The number of hydrogen-bond donors (Lipinski definition) is 1. The van der Waals surface area contributed by atoms with Crippen LogP contribution in [-0.4, -0.2) is 16.9 Å². The number of carbonyl (C=O) groups excluding carboxylic acids is 1. The predicted molar refractivity (Wildman–Crippen MR) is 68.8 cm³/mol. The third-order valence-electron chi connectivity index (χ3n) is 2.82. The van der Waals surface area contributed by atoms with Crippen molar-refractivity contribution in [2.75, 3.05) is 0 Å². The second kappa shape index (κ2) is 5.02. The van der Waals surface area contributed by atoms with Crippen LogP contribution in [0, 0.1) is 5.82 Å². The number of hydrogen-bond acceptors (Lipinski definition) is 2. The highest BCUT2D eigenvalue weighted by Crippen LogP contribution is 2.25. The third kappa shape index (κ3) is 2.52. The van der Waals surface area contributed by atoms with Gasteiger partial charge in [-0.2, -0.15) is 0 Å². The molecular weight excluding hydrogens is 247 g/mol. The molecule has 19 heavy (non-hydrogen) atoms. The van der Waals surface area contributed by atoms with Crippen LogP contribution in [0.4, 0.5) is 4.39 Å². The van der Waals surface area contributed by atoms with E-state index in [1.54, 1.807) is 24.3 Å². The fourth-order valence-corrected chi connectivity index (χ4v) is 1.90. The predicted octanol–water partition coefficient (Wildman–Crippen LogP) is 3.39. The van der Waals surface area contributed by atoms with Gasteiger partial charge in [-0.25, -0.2) is 9.18 Å². The molecular formula is C15H11FO3. The van der Waals surface area contributed by atoms with Gasteiger partial charge >= 0.3 is 5.97 Å². The molecule has 0 atom stereocenters. The Morgan fingerprint density at radius 3 is 2.32 bits per heavy atom. The molecule has 0 amide bonds. The molecule has 0 saturated heterocycles. The number of rotatable bonds is 3. The van der Waals surface area contributed by atoms with Crippen molar-refractivity contribution in [1.82, 2.24) is 0 Å². The quantitative estimate of drug-likeness (QED) is 0.858. The van der Waals surface area contributed by atoms with Gasteiger partial charge in [0.25, 0.3) is 0 Å². The highest BCUT2D eigenvalue weighted by atomic mass is 19.1. The van der Waals surface area contributed by atoms with Gasteiger partial charge in [0.15, 0.2) is 5.78 Å². The van der Waals surface area contributed by atoms with E-state index >= 15 is 0 Å². The van der Waals surface area contributed by atoms with Crippen molar-refractivity contribution in [2.45, 2.75) is 6.92 Å². The van der Waals surface area contributed by atoms with Gasteiger partial charge in [0, 0.05) is 5.56 Å². The first-order chi connectivity index (χ1) is 9.00. The van der Waals surface area contributed by atoms with Crippen LogP contribution in [0.2, 0.25) is 0 Å². The number of ketones is 1. The zero-order valence-corrected chi connectivity index (χ0v) is 10.2. The molecule has 0 unspecified atom stereocenters.